The van der Waals surface area contributed by atoms with Crippen LogP contribution in [0.2, 0.25) is 0 Å². The Labute approximate surface area is 423 Å². The van der Waals surface area contributed by atoms with Crippen molar-refractivity contribution in [3.63, 3.8) is 0 Å². The van der Waals surface area contributed by atoms with Gasteiger partial charge in [0, 0.05) is 19.3 Å². The molecule has 0 spiro atoms. The van der Waals surface area contributed by atoms with Crippen LogP contribution in [-0.4, -0.2) is 37.2 Å². The van der Waals surface area contributed by atoms with E-state index >= 15 is 0 Å². The van der Waals surface area contributed by atoms with E-state index in [1.807, 2.05) is 0 Å². The number of ether oxygens (including phenoxy) is 3. The minimum Gasteiger partial charge on any atom is -0.462 e. The van der Waals surface area contributed by atoms with Crippen molar-refractivity contribution in [1.82, 2.24) is 0 Å². The molecule has 0 amide bonds. The van der Waals surface area contributed by atoms with Crippen molar-refractivity contribution in [2.45, 2.75) is 341 Å². The highest BCUT2D eigenvalue weighted by Crippen LogP contribution is 2.17. The predicted molar refractivity (Wildman–Crippen MR) is 293 cm³/mol. The molecule has 68 heavy (non-hydrogen) atoms. The van der Waals surface area contributed by atoms with Crippen molar-refractivity contribution in [2.75, 3.05) is 13.2 Å². The smallest absolute Gasteiger partial charge is 0.306 e. The van der Waals surface area contributed by atoms with Gasteiger partial charge in [0.1, 0.15) is 13.2 Å². The van der Waals surface area contributed by atoms with Crippen molar-refractivity contribution >= 4 is 17.9 Å². The molecule has 6 nitrogen and oxygen atoms in total. The maximum absolute atomic E-state index is 12.8. The van der Waals surface area contributed by atoms with Gasteiger partial charge in [0.05, 0.1) is 0 Å². The number of hydrogen-bond donors (Lipinski definition) is 0. The van der Waals surface area contributed by atoms with E-state index in [0.717, 1.165) is 64.2 Å². The van der Waals surface area contributed by atoms with Crippen LogP contribution in [0, 0.1) is 0 Å². The largest absolute Gasteiger partial charge is 0.462 e. The monoisotopic (exact) mass is 957 g/mol. The maximum atomic E-state index is 12.8. The summed E-state index contributed by atoms with van der Waals surface area (Å²) in [4.78, 5) is 38.1. The summed E-state index contributed by atoms with van der Waals surface area (Å²) in [7, 11) is 0. The first-order valence-electron chi connectivity index (χ1n) is 30.3. The highest BCUT2D eigenvalue weighted by Gasteiger charge is 2.19. The Hall–Kier alpha value is -2.11. The van der Waals surface area contributed by atoms with E-state index in [-0.39, 0.29) is 31.1 Å². The van der Waals surface area contributed by atoms with Crippen molar-refractivity contribution in [3.05, 3.63) is 24.3 Å². The normalized spacial score (nSPS) is 12.1. The third-order valence-electron chi connectivity index (χ3n) is 13.7. The SMILES string of the molecule is CCCCCCCC/C=C\CCCCCCCC(=O)OC(COC(=O)CCCCCCCCCCCCCC)COC(=O)CCCCCCCCCCCCC/C=C\CCCCCCCCCC. The molecule has 0 rings (SSSR count). The van der Waals surface area contributed by atoms with E-state index in [2.05, 4.69) is 45.1 Å². The number of rotatable bonds is 56. The molecule has 0 aliphatic carbocycles. The fraction of sp³-hybridized carbons (Fsp3) is 0.887. The Balaban J connectivity index is 4.25. The van der Waals surface area contributed by atoms with E-state index in [0.29, 0.717) is 19.3 Å². The average Bonchev–Trinajstić information content (AvgIpc) is 3.34. The zero-order valence-corrected chi connectivity index (χ0v) is 45.9. The third-order valence-corrected chi connectivity index (χ3v) is 13.7. The molecule has 0 fully saturated rings. The van der Waals surface area contributed by atoms with Crippen molar-refractivity contribution in [2.24, 2.45) is 0 Å². The lowest BCUT2D eigenvalue weighted by atomic mass is 10.0. The van der Waals surface area contributed by atoms with Gasteiger partial charge in [0.2, 0.25) is 0 Å². The van der Waals surface area contributed by atoms with Gasteiger partial charge < -0.3 is 14.2 Å². The number of carbonyl (C=O) groups excluding carboxylic acids is 3. The summed E-state index contributed by atoms with van der Waals surface area (Å²) in [6.07, 6.45) is 67.5. The lowest BCUT2D eigenvalue weighted by Gasteiger charge is -2.18. The lowest BCUT2D eigenvalue weighted by molar-refractivity contribution is -0.167. The van der Waals surface area contributed by atoms with Gasteiger partial charge in [0.25, 0.3) is 0 Å². The number of allylic oxidation sites excluding steroid dienone is 4. The van der Waals surface area contributed by atoms with Crippen LogP contribution in [0.4, 0.5) is 0 Å². The molecule has 0 aliphatic heterocycles. The molecule has 1 unspecified atom stereocenters. The molecule has 0 saturated heterocycles. The van der Waals surface area contributed by atoms with Crippen LogP contribution in [0.3, 0.4) is 0 Å². The van der Waals surface area contributed by atoms with Gasteiger partial charge >= 0.3 is 17.9 Å². The summed E-state index contributed by atoms with van der Waals surface area (Å²) in [6, 6.07) is 0. The Morgan fingerprint density at radius 1 is 0.279 bits per heavy atom. The molecular formula is C62H116O6. The van der Waals surface area contributed by atoms with Crippen LogP contribution in [0.5, 0.6) is 0 Å². The standard InChI is InChI=1S/C62H116O6/c1-4-7-10-13-16-19-22-25-27-28-29-30-31-32-33-34-36-37-40-43-46-49-52-55-61(64)67-58-59(57-66-60(63)54-51-48-45-42-39-24-21-18-15-12-9-6-3)68-62(65)56-53-50-47-44-41-38-35-26-23-20-17-14-11-8-5-2/h26,28-29,35,59H,4-25,27,30-34,36-58H2,1-3H3/b29-28-,35-26-. The first kappa shape index (κ1) is 65.9. The van der Waals surface area contributed by atoms with Gasteiger partial charge in [-0.25, -0.2) is 0 Å². The molecule has 0 aliphatic rings. The fourth-order valence-electron chi connectivity index (χ4n) is 9.08. The van der Waals surface area contributed by atoms with Crippen molar-refractivity contribution < 1.29 is 28.6 Å². The summed E-state index contributed by atoms with van der Waals surface area (Å²) in [5.41, 5.74) is 0. The number of esters is 3. The van der Waals surface area contributed by atoms with Gasteiger partial charge in [-0.1, -0.05) is 270 Å². The maximum Gasteiger partial charge on any atom is 0.306 e. The van der Waals surface area contributed by atoms with Gasteiger partial charge in [-0.15, -0.1) is 0 Å². The Morgan fingerprint density at radius 3 is 0.735 bits per heavy atom. The first-order valence-corrected chi connectivity index (χ1v) is 30.3. The Bertz CT molecular complexity index is 1100. The van der Waals surface area contributed by atoms with Crippen LogP contribution in [0.25, 0.3) is 0 Å². The summed E-state index contributed by atoms with van der Waals surface area (Å²) < 4.78 is 16.9. The molecule has 1 atom stereocenters. The van der Waals surface area contributed by atoms with E-state index in [4.69, 9.17) is 14.2 Å². The molecule has 6 heteroatoms. The molecule has 0 radical (unpaired) electrons. The van der Waals surface area contributed by atoms with Crippen LogP contribution in [0.15, 0.2) is 24.3 Å². The molecule has 0 bridgehead atoms. The highest BCUT2D eigenvalue weighted by molar-refractivity contribution is 5.71. The molecule has 0 saturated carbocycles. The van der Waals surface area contributed by atoms with E-state index < -0.39 is 6.10 Å². The number of hydrogen-bond acceptors (Lipinski definition) is 6. The minimum atomic E-state index is -0.772. The number of unbranched alkanes of at least 4 members (excludes halogenated alkanes) is 41. The lowest BCUT2D eigenvalue weighted by Crippen LogP contribution is -2.30. The van der Waals surface area contributed by atoms with Crippen LogP contribution >= 0.6 is 0 Å². The van der Waals surface area contributed by atoms with Crippen LogP contribution in [0.1, 0.15) is 335 Å². The molecule has 0 aromatic rings. The van der Waals surface area contributed by atoms with Gasteiger partial charge in [-0.3, -0.25) is 14.4 Å². The summed E-state index contributed by atoms with van der Waals surface area (Å²) in [6.45, 7) is 6.67. The predicted octanol–water partition coefficient (Wildman–Crippen LogP) is 20.3. The van der Waals surface area contributed by atoms with E-state index in [1.54, 1.807) is 0 Å². The van der Waals surface area contributed by atoms with Crippen molar-refractivity contribution in [3.8, 4) is 0 Å². The third kappa shape index (κ3) is 54.8. The van der Waals surface area contributed by atoms with Gasteiger partial charge in [-0.05, 0) is 70.6 Å². The highest BCUT2D eigenvalue weighted by atomic mass is 16.6. The summed E-state index contributed by atoms with van der Waals surface area (Å²) >= 11 is 0. The molecule has 0 N–H and O–H groups in total. The second-order valence-corrected chi connectivity index (χ2v) is 20.6. The zero-order chi connectivity index (χ0) is 49.3. The molecule has 400 valence electrons. The quantitative estimate of drug-likeness (QED) is 0.0262. The summed E-state index contributed by atoms with van der Waals surface area (Å²) in [5, 5.41) is 0. The number of carbonyl (C=O) groups is 3. The average molecular weight is 958 g/mol. The second kappa shape index (κ2) is 57.5. The molecule has 0 heterocycles. The van der Waals surface area contributed by atoms with Crippen LogP contribution in [-0.2, 0) is 28.6 Å². The molecule has 0 aromatic heterocycles. The summed E-state index contributed by atoms with van der Waals surface area (Å²) in [5.74, 6) is -0.859. The molecular weight excluding hydrogens is 841 g/mol. The van der Waals surface area contributed by atoms with E-state index in [1.165, 1.54) is 231 Å². The fourth-order valence-corrected chi connectivity index (χ4v) is 9.08. The van der Waals surface area contributed by atoms with E-state index in [9.17, 15) is 14.4 Å². The Kier molecular flexibility index (Phi) is 55.7. The first-order chi connectivity index (χ1) is 33.5. The zero-order valence-electron chi connectivity index (χ0n) is 45.9. The van der Waals surface area contributed by atoms with Crippen molar-refractivity contribution in [1.29, 1.82) is 0 Å². The molecule has 0 aromatic carbocycles. The second-order valence-electron chi connectivity index (χ2n) is 20.6. The van der Waals surface area contributed by atoms with Gasteiger partial charge in [0.15, 0.2) is 6.10 Å². The Morgan fingerprint density at radius 2 is 0.485 bits per heavy atom. The van der Waals surface area contributed by atoms with Crippen LogP contribution < -0.4 is 0 Å². The topological polar surface area (TPSA) is 78.9 Å². The minimum absolute atomic E-state index is 0.0702. The van der Waals surface area contributed by atoms with Gasteiger partial charge in [-0.2, -0.15) is 0 Å².